The van der Waals surface area contributed by atoms with Crippen molar-refractivity contribution < 1.29 is 24.1 Å². The van der Waals surface area contributed by atoms with E-state index in [0.29, 0.717) is 5.88 Å². The molecule has 8 heavy (non-hydrogen) atoms. The minimum atomic E-state index is -0.159. The monoisotopic (exact) mass is 189 g/mol. The first-order valence-electron chi connectivity index (χ1n) is 2.33. The molecule has 0 spiro atoms. The molecule has 0 aromatic rings. The normalized spacial score (nSPS) is 13.6. The van der Waals surface area contributed by atoms with Crippen LogP contribution in [0.3, 0.4) is 0 Å². The van der Waals surface area contributed by atoms with Crippen LogP contribution in [-0.2, 0) is 24.1 Å². The molecular formula is C4H7Cl2OTi. The molecule has 0 fully saturated rings. The van der Waals surface area contributed by atoms with Gasteiger partial charge in [0, 0.05) is 0 Å². The summed E-state index contributed by atoms with van der Waals surface area (Å²) < 4.78 is 4.76. The molecule has 0 aliphatic carbocycles. The third kappa shape index (κ3) is 5.39. The predicted molar refractivity (Wildman–Crippen MR) is 30.7 cm³/mol. The summed E-state index contributed by atoms with van der Waals surface area (Å²) in [5.41, 5.74) is -0.159. The van der Waals surface area contributed by atoms with Crippen molar-refractivity contribution in [2.24, 2.45) is 0 Å². The Kier molecular flexibility index (Phi) is 7.38. The van der Waals surface area contributed by atoms with Crippen LogP contribution >= 0.6 is 23.2 Å². The third-order valence-corrected chi connectivity index (χ3v) is 1.94. The van der Waals surface area contributed by atoms with E-state index < -0.39 is 0 Å². The summed E-state index contributed by atoms with van der Waals surface area (Å²) >= 11 is 12.5. The van der Waals surface area contributed by atoms with Crippen molar-refractivity contribution in [1.82, 2.24) is 0 Å². The van der Waals surface area contributed by atoms with Crippen LogP contribution in [0.15, 0.2) is 0 Å². The Morgan fingerprint density at radius 2 is 2.25 bits per heavy atom. The van der Waals surface area contributed by atoms with Crippen LogP contribution in [0.1, 0.15) is 12.8 Å². The fourth-order valence-electron chi connectivity index (χ4n) is 0.297. The van der Waals surface area contributed by atoms with Crippen molar-refractivity contribution >= 4 is 23.2 Å². The summed E-state index contributed by atoms with van der Waals surface area (Å²) in [5.74, 6) is 0.659. The van der Waals surface area contributed by atoms with Gasteiger partial charge < -0.3 is 0 Å². The van der Waals surface area contributed by atoms with Crippen LogP contribution in [0.5, 0.6) is 0 Å². The Bertz CT molecular complexity index is 53.3. The number of hydrogen-bond donors (Lipinski definition) is 0. The molecule has 0 heterocycles. The van der Waals surface area contributed by atoms with Gasteiger partial charge in [-0.15, -0.1) is 0 Å². The molecule has 0 aliphatic heterocycles. The Balaban J connectivity index is 2.86. The number of hydrogen-bond acceptors (Lipinski definition) is 1. The first-order valence-corrected chi connectivity index (χ1v) is 3.94. The van der Waals surface area contributed by atoms with E-state index in [1.165, 1.54) is 0 Å². The van der Waals surface area contributed by atoms with Crippen LogP contribution < -0.4 is 0 Å². The maximum atomic E-state index is 5.56. The Labute approximate surface area is 71.6 Å². The Hall–Kier alpha value is 1.25. The van der Waals surface area contributed by atoms with Crippen molar-refractivity contribution in [2.75, 3.05) is 5.88 Å². The van der Waals surface area contributed by atoms with E-state index in [9.17, 15) is 0 Å². The summed E-state index contributed by atoms with van der Waals surface area (Å²) in [4.78, 5) is 0. The second-order valence-electron chi connectivity index (χ2n) is 1.36. The summed E-state index contributed by atoms with van der Waals surface area (Å²) in [6, 6.07) is 0. The van der Waals surface area contributed by atoms with Crippen molar-refractivity contribution in [3.05, 3.63) is 0 Å². The van der Waals surface area contributed by atoms with Gasteiger partial charge in [0.2, 0.25) is 0 Å². The molecule has 1 atom stereocenters. The molecule has 0 aromatic carbocycles. The van der Waals surface area contributed by atoms with E-state index in [1.54, 1.807) is 20.8 Å². The molecule has 0 amide bonds. The van der Waals surface area contributed by atoms with Gasteiger partial charge in [-0.2, -0.15) is 0 Å². The second-order valence-corrected chi connectivity index (χ2v) is 2.59. The van der Waals surface area contributed by atoms with Gasteiger partial charge >= 0.3 is 71.6 Å². The first kappa shape index (κ1) is 9.25. The average Bonchev–Trinajstić information content (AvgIpc) is 1.83. The zero-order valence-electron chi connectivity index (χ0n) is 4.36. The molecule has 47 valence electrons. The predicted octanol–water partition coefficient (Wildman–Crippen LogP) is 2.05. The topological polar surface area (TPSA) is 9.23 Å². The number of halogens is 2. The summed E-state index contributed by atoms with van der Waals surface area (Å²) in [7, 11) is 0. The van der Waals surface area contributed by atoms with Crippen molar-refractivity contribution in [2.45, 2.75) is 18.4 Å². The molecule has 4 heteroatoms. The molecule has 0 N–H and O–H groups in total. The molecule has 0 aliphatic rings. The Morgan fingerprint density at radius 1 is 1.62 bits per heavy atom. The van der Waals surface area contributed by atoms with E-state index in [0.717, 1.165) is 12.8 Å². The summed E-state index contributed by atoms with van der Waals surface area (Å²) in [6.07, 6.45) is 1.76. The second kappa shape index (κ2) is 6.38. The summed E-state index contributed by atoms with van der Waals surface area (Å²) in [5, 5.41) is 0. The van der Waals surface area contributed by atoms with Crippen LogP contribution in [0, 0.1) is 0 Å². The zero-order chi connectivity index (χ0) is 6.41. The van der Waals surface area contributed by atoms with Crippen LogP contribution in [0.25, 0.3) is 0 Å². The summed E-state index contributed by atoms with van der Waals surface area (Å²) in [6.45, 7) is 0. The first-order chi connectivity index (χ1) is 3.81. The molecule has 1 nitrogen and oxygen atoms in total. The minimum absolute atomic E-state index is 0.159. The molecule has 1 unspecified atom stereocenters. The van der Waals surface area contributed by atoms with Crippen molar-refractivity contribution in [1.29, 1.82) is 0 Å². The van der Waals surface area contributed by atoms with Gasteiger partial charge in [-0.1, -0.05) is 0 Å². The van der Waals surface area contributed by atoms with Crippen LogP contribution in [0.4, 0.5) is 0 Å². The SMILES string of the molecule is ClCCCC(Cl)[O][Ti]. The zero-order valence-corrected chi connectivity index (χ0v) is 7.44. The maximum absolute atomic E-state index is 5.56. The van der Waals surface area contributed by atoms with Crippen LogP contribution in [0.2, 0.25) is 0 Å². The van der Waals surface area contributed by atoms with E-state index in [-0.39, 0.29) is 5.56 Å². The van der Waals surface area contributed by atoms with E-state index in [1.807, 2.05) is 0 Å². The Morgan fingerprint density at radius 3 is 2.62 bits per heavy atom. The van der Waals surface area contributed by atoms with E-state index in [4.69, 9.17) is 26.5 Å². The van der Waals surface area contributed by atoms with E-state index >= 15 is 0 Å². The van der Waals surface area contributed by atoms with Gasteiger partial charge in [0.05, 0.1) is 0 Å². The van der Waals surface area contributed by atoms with Gasteiger partial charge in [-0.05, 0) is 0 Å². The molecule has 0 aromatic heterocycles. The molecule has 0 rings (SSSR count). The van der Waals surface area contributed by atoms with E-state index in [2.05, 4.69) is 0 Å². The van der Waals surface area contributed by atoms with Crippen LogP contribution in [-0.4, -0.2) is 11.4 Å². The van der Waals surface area contributed by atoms with Gasteiger partial charge in [-0.3, -0.25) is 0 Å². The number of rotatable bonds is 4. The molecule has 0 saturated heterocycles. The molecule has 0 saturated carbocycles. The van der Waals surface area contributed by atoms with Gasteiger partial charge in [0.1, 0.15) is 0 Å². The third-order valence-electron chi connectivity index (χ3n) is 0.693. The average molecular weight is 190 g/mol. The molecule has 0 radical (unpaired) electrons. The van der Waals surface area contributed by atoms with Gasteiger partial charge in [-0.25, -0.2) is 0 Å². The van der Waals surface area contributed by atoms with Crippen molar-refractivity contribution in [3.63, 3.8) is 0 Å². The fourth-order valence-corrected chi connectivity index (χ4v) is 0.789. The molecule has 0 bridgehead atoms. The fraction of sp³-hybridized carbons (Fsp3) is 1.00. The van der Waals surface area contributed by atoms with Crippen molar-refractivity contribution in [3.8, 4) is 0 Å². The van der Waals surface area contributed by atoms with Gasteiger partial charge in [0.25, 0.3) is 0 Å². The standard InChI is InChI=1S/C4H7Cl2O.Ti/c5-3-1-2-4(6)7;/h4H,1-3H2;/q-1;+1. The molecular weight excluding hydrogens is 183 g/mol. The quantitative estimate of drug-likeness (QED) is 0.486. The number of alkyl halides is 2. The van der Waals surface area contributed by atoms with Gasteiger partial charge in [0.15, 0.2) is 0 Å².